The summed E-state index contributed by atoms with van der Waals surface area (Å²) in [5.74, 6) is -1.27. The van der Waals surface area contributed by atoms with E-state index in [0.29, 0.717) is 0 Å². The Balaban J connectivity index is 5.53. The maximum Gasteiger partial charge on any atom is 0.338 e. The van der Waals surface area contributed by atoms with E-state index in [-0.39, 0.29) is 23.3 Å². The Hall–Kier alpha value is -0.546. The smallest absolute Gasteiger partial charge is 0.338 e. The molecular weight excluding hydrogens is 380 g/mol. The summed E-state index contributed by atoms with van der Waals surface area (Å²) in [6.07, 6.45) is -2.94. The number of aliphatic hydroxyl groups excluding tert-OH is 1. The van der Waals surface area contributed by atoms with Crippen LogP contribution in [0.15, 0.2) is 0 Å². The minimum atomic E-state index is -2.41. The molecule has 27 heavy (non-hydrogen) atoms. The van der Waals surface area contributed by atoms with Gasteiger partial charge in [-0.15, -0.1) is 0 Å². The fourth-order valence-electron chi connectivity index (χ4n) is 1.70. The number of ketones is 1. The van der Waals surface area contributed by atoms with Crippen molar-refractivity contribution >= 4 is 28.4 Å². The topological polar surface area (TPSA) is 82.1 Å². The van der Waals surface area contributed by atoms with Gasteiger partial charge in [-0.3, -0.25) is 4.79 Å². The summed E-state index contributed by atoms with van der Waals surface area (Å²) in [7, 11) is -4.56. The zero-order chi connectivity index (χ0) is 21.8. The first-order valence-electron chi connectivity index (χ1n) is 9.56. The minimum absolute atomic E-state index is 0.0528. The number of Topliss-reactive ketones (excluding diaryl/α,β-unsaturated/α-hetero) is 1. The minimum Gasteiger partial charge on any atom is -0.464 e. The van der Waals surface area contributed by atoms with Crippen LogP contribution in [0.25, 0.3) is 0 Å². The predicted octanol–water partition coefficient (Wildman–Crippen LogP) is 3.89. The third kappa shape index (κ3) is 7.42. The highest BCUT2D eigenvalue weighted by atomic mass is 28.4. The molecule has 0 amide bonds. The first-order valence-corrected chi connectivity index (χ1v) is 15.4. The summed E-state index contributed by atoms with van der Waals surface area (Å²) in [6, 6.07) is 0. The SMILES string of the molecule is CCOC(=O)[C@H](O)[C@@H](O[Si](C)(C)C(C)(C)C)C(=O)CO[Si](C)(C)C(C)(C)C. The normalized spacial score (nSPS) is 16.0. The molecule has 0 aliphatic rings. The van der Waals surface area contributed by atoms with Gasteiger partial charge in [0.2, 0.25) is 0 Å². The summed E-state index contributed by atoms with van der Waals surface area (Å²) in [5, 5.41) is 10.2. The van der Waals surface area contributed by atoms with E-state index in [9.17, 15) is 14.7 Å². The molecule has 0 aliphatic heterocycles. The Kier molecular flexibility index (Phi) is 9.11. The van der Waals surface area contributed by atoms with Gasteiger partial charge in [-0.1, -0.05) is 41.5 Å². The number of esters is 1. The van der Waals surface area contributed by atoms with Gasteiger partial charge in [0, 0.05) is 0 Å². The van der Waals surface area contributed by atoms with E-state index in [1.807, 2.05) is 47.0 Å². The number of ether oxygens (including phenoxy) is 1. The summed E-state index contributed by atoms with van der Waals surface area (Å²) in [5.41, 5.74) is 0. The Labute approximate surface area is 167 Å². The maximum absolute atomic E-state index is 12.9. The second-order valence-corrected chi connectivity index (χ2v) is 19.6. The molecule has 1 N–H and O–H groups in total. The first kappa shape index (κ1) is 26.5. The number of hydrogen-bond acceptors (Lipinski definition) is 6. The van der Waals surface area contributed by atoms with E-state index in [0.717, 1.165) is 0 Å². The van der Waals surface area contributed by atoms with Crippen LogP contribution in [-0.4, -0.2) is 58.9 Å². The van der Waals surface area contributed by atoms with Crippen molar-refractivity contribution in [1.29, 1.82) is 0 Å². The number of carbonyl (C=O) groups excluding carboxylic acids is 2. The van der Waals surface area contributed by atoms with Gasteiger partial charge in [-0.25, -0.2) is 4.79 Å². The van der Waals surface area contributed by atoms with Gasteiger partial charge >= 0.3 is 5.97 Å². The van der Waals surface area contributed by atoms with Crippen molar-refractivity contribution in [3.05, 3.63) is 0 Å². The van der Waals surface area contributed by atoms with Gasteiger partial charge in [0.15, 0.2) is 28.5 Å². The van der Waals surface area contributed by atoms with Crippen LogP contribution in [0.5, 0.6) is 0 Å². The maximum atomic E-state index is 12.9. The highest BCUT2D eigenvalue weighted by Crippen LogP contribution is 2.38. The lowest BCUT2D eigenvalue weighted by molar-refractivity contribution is -0.162. The summed E-state index contributed by atoms with van der Waals surface area (Å²) in [6.45, 7) is 22.0. The van der Waals surface area contributed by atoms with E-state index < -0.39 is 40.6 Å². The average molecular weight is 421 g/mol. The van der Waals surface area contributed by atoms with Crippen molar-refractivity contribution in [3.8, 4) is 0 Å². The molecule has 0 heterocycles. The highest BCUT2D eigenvalue weighted by Gasteiger charge is 2.45. The molecule has 160 valence electrons. The summed E-state index contributed by atoms with van der Waals surface area (Å²) >= 11 is 0. The second kappa shape index (κ2) is 9.30. The van der Waals surface area contributed by atoms with Crippen molar-refractivity contribution in [3.63, 3.8) is 0 Å². The molecule has 0 aromatic heterocycles. The molecule has 0 aliphatic carbocycles. The lowest BCUT2D eigenvalue weighted by atomic mass is 10.1. The van der Waals surface area contributed by atoms with Gasteiger partial charge in [-0.2, -0.15) is 0 Å². The van der Waals surface area contributed by atoms with Crippen molar-refractivity contribution in [2.24, 2.45) is 0 Å². The number of carbonyl (C=O) groups is 2. The van der Waals surface area contributed by atoms with E-state index in [2.05, 4.69) is 20.8 Å². The molecule has 0 rings (SSSR count). The molecule has 0 unspecified atom stereocenters. The van der Waals surface area contributed by atoms with Crippen molar-refractivity contribution < 1.29 is 28.3 Å². The molecule has 8 heteroatoms. The van der Waals surface area contributed by atoms with Gasteiger partial charge in [-0.05, 0) is 43.2 Å². The predicted molar refractivity (Wildman–Crippen MR) is 113 cm³/mol. The van der Waals surface area contributed by atoms with Gasteiger partial charge in [0.25, 0.3) is 0 Å². The molecule has 0 aromatic rings. The third-order valence-electron chi connectivity index (χ3n) is 5.74. The van der Waals surface area contributed by atoms with Crippen molar-refractivity contribution in [2.45, 2.75) is 96.9 Å². The van der Waals surface area contributed by atoms with Crippen LogP contribution in [0.1, 0.15) is 48.5 Å². The Bertz CT molecular complexity index is 517. The van der Waals surface area contributed by atoms with Crippen LogP contribution < -0.4 is 0 Å². The Morgan fingerprint density at radius 2 is 1.37 bits per heavy atom. The van der Waals surface area contributed by atoms with Gasteiger partial charge in [0.05, 0.1) is 13.2 Å². The van der Waals surface area contributed by atoms with Crippen molar-refractivity contribution in [1.82, 2.24) is 0 Å². The van der Waals surface area contributed by atoms with Crippen LogP contribution in [0, 0.1) is 0 Å². The summed E-state index contributed by atoms with van der Waals surface area (Å²) < 4.78 is 17.0. The molecule has 0 fully saturated rings. The van der Waals surface area contributed by atoms with E-state index in [4.69, 9.17) is 13.6 Å². The zero-order valence-electron chi connectivity index (χ0n) is 19.1. The van der Waals surface area contributed by atoms with E-state index >= 15 is 0 Å². The second-order valence-electron chi connectivity index (χ2n) is 10.0. The van der Waals surface area contributed by atoms with Crippen LogP contribution in [0.3, 0.4) is 0 Å². The molecule has 0 aromatic carbocycles. The monoisotopic (exact) mass is 420 g/mol. The van der Waals surface area contributed by atoms with E-state index in [1.54, 1.807) is 6.92 Å². The summed E-state index contributed by atoms with van der Waals surface area (Å²) in [4.78, 5) is 25.0. The van der Waals surface area contributed by atoms with Crippen LogP contribution >= 0.6 is 0 Å². The number of rotatable bonds is 9. The van der Waals surface area contributed by atoms with Gasteiger partial charge < -0.3 is 18.7 Å². The van der Waals surface area contributed by atoms with Crippen molar-refractivity contribution in [2.75, 3.05) is 13.2 Å². The average Bonchev–Trinajstić information content (AvgIpc) is 2.47. The van der Waals surface area contributed by atoms with Crippen LogP contribution in [0.2, 0.25) is 36.3 Å². The first-order chi connectivity index (χ1) is 11.9. The van der Waals surface area contributed by atoms with Gasteiger partial charge in [0.1, 0.15) is 6.10 Å². The van der Waals surface area contributed by atoms with Crippen LogP contribution in [0.4, 0.5) is 0 Å². The number of aliphatic hydroxyl groups is 1. The fourth-order valence-corrected chi connectivity index (χ4v) is 3.89. The molecule has 6 nitrogen and oxygen atoms in total. The molecule has 0 radical (unpaired) electrons. The molecule has 0 saturated heterocycles. The fraction of sp³-hybridized carbons (Fsp3) is 0.895. The third-order valence-corrected chi connectivity index (χ3v) is 14.7. The largest absolute Gasteiger partial charge is 0.464 e. The number of hydrogen-bond donors (Lipinski definition) is 1. The zero-order valence-corrected chi connectivity index (χ0v) is 21.1. The lowest BCUT2D eigenvalue weighted by Crippen LogP contribution is -2.54. The highest BCUT2D eigenvalue weighted by molar-refractivity contribution is 6.74. The molecule has 0 saturated carbocycles. The lowest BCUT2D eigenvalue weighted by Gasteiger charge is -2.40. The standard InChI is InChI=1S/C19H40O6Si2/c1-12-23-17(22)15(21)16(25-27(10,11)19(5,6)7)14(20)13-24-26(8,9)18(2,3)4/h15-16,21H,12-13H2,1-11H3/t15-,16+/m1/s1. The van der Waals surface area contributed by atoms with E-state index in [1.165, 1.54) is 0 Å². The Morgan fingerprint density at radius 3 is 1.74 bits per heavy atom. The van der Waals surface area contributed by atoms with Crippen LogP contribution in [-0.2, 0) is 23.2 Å². The molecule has 0 bridgehead atoms. The quantitative estimate of drug-likeness (QED) is 0.450. The molecule has 2 atom stereocenters. The molecule has 0 spiro atoms. The molecular formula is C19H40O6Si2. The Morgan fingerprint density at radius 1 is 0.926 bits per heavy atom.